The fourth-order valence-electron chi connectivity index (χ4n) is 4.08. The highest BCUT2D eigenvalue weighted by molar-refractivity contribution is 7.99. The molecule has 6 nitrogen and oxygen atoms in total. The summed E-state index contributed by atoms with van der Waals surface area (Å²) in [7, 11) is 0. The number of rotatable bonds is 6. The summed E-state index contributed by atoms with van der Waals surface area (Å²) in [5, 5.41) is 2.98. The van der Waals surface area contributed by atoms with Gasteiger partial charge in [-0.3, -0.25) is 14.4 Å². The van der Waals surface area contributed by atoms with Gasteiger partial charge in [0.2, 0.25) is 17.7 Å². The third-order valence-corrected chi connectivity index (χ3v) is 6.73. The molecule has 2 unspecified atom stereocenters. The van der Waals surface area contributed by atoms with Crippen molar-refractivity contribution in [1.29, 1.82) is 0 Å². The van der Waals surface area contributed by atoms with Crippen molar-refractivity contribution in [3.8, 4) is 0 Å². The van der Waals surface area contributed by atoms with Gasteiger partial charge in [0.15, 0.2) is 0 Å². The van der Waals surface area contributed by atoms with Crippen LogP contribution < -0.4 is 10.2 Å². The molecular weight excluding hydrogens is 410 g/mol. The van der Waals surface area contributed by atoms with Gasteiger partial charge in [-0.05, 0) is 17.7 Å². The fourth-order valence-corrected chi connectivity index (χ4v) is 4.99. The zero-order chi connectivity index (χ0) is 21.6. The van der Waals surface area contributed by atoms with Crippen LogP contribution in [0.25, 0.3) is 0 Å². The van der Waals surface area contributed by atoms with Crippen LogP contribution in [0.1, 0.15) is 12.0 Å². The average molecular weight is 438 g/mol. The van der Waals surface area contributed by atoms with Crippen LogP contribution in [-0.2, 0) is 20.8 Å². The molecule has 0 aliphatic carbocycles. The maximum atomic E-state index is 13.2. The molecule has 2 fully saturated rings. The number of hydrogen-bond donors (Lipinski definition) is 1. The number of carbonyl (C=O) groups excluding carboxylic acids is 3. The SMILES string of the molecule is O=C(NC(Cc1ccccc1)C(=O)N1CCSCC1)C1CC(=O)N(c2ccccc2)C1. The highest BCUT2D eigenvalue weighted by Crippen LogP contribution is 2.25. The first-order valence-corrected chi connectivity index (χ1v) is 11.8. The summed E-state index contributed by atoms with van der Waals surface area (Å²) in [6.45, 7) is 1.74. The zero-order valence-electron chi connectivity index (χ0n) is 17.4. The molecule has 0 spiro atoms. The Kier molecular flexibility index (Phi) is 6.92. The van der Waals surface area contributed by atoms with Crippen LogP contribution in [0, 0.1) is 5.92 Å². The molecule has 2 aliphatic heterocycles. The summed E-state index contributed by atoms with van der Waals surface area (Å²) >= 11 is 1.84. The summed E-state index contributed by atoms with van der Waals surface area (Å²) in [6, 6.07) is 18.5. The van der Waals surface area contributed by atoms with Crippen molar-refractivity contribution < 1.29 is 14.4 Å². The van der Waals surface area contributed by atoms with E-state index in [9.17, 15) is 14.4 Å². The molecule has 0 aromatic heterocycles. The van der Waals surface area contributed by atoms with Gasteiger partial charge in [0.05, 0.1) is 5.92 Å². The normalized spacial score (nSPS) is 19.9. The van der Waals surface area contributed by atoms with Gasteiger partial charge in [-0.2, -0.15) is 11.8 Å². The average Bonchev–Trinajstić information content (AvgIpc) is 3.22. The van der Waals surface area contributed by atoms with E-state index in [0.29, 0.717) is 26.1 Å². The van der Waals surface area contributed by atoms with Crippen molar-refractivity contribution >= 4 is 35.2 Å². The maximum absolute atomic E-state index is 13.2. The van der Waals surface area contributed by atoms with Crippen molar-refractivity contribution in [3.05, 3.63) is 66.2 Å². The van der Waals surface area contributed by atoms with Gasteiger partial charge in [-0.25, -0.2) is 0 Å². The van der Waals surface area contributed by atoms with Crippen molar-refractivity contribution in [3.63, 3.8) is 0 Å². The third kappa shape index (κ3) is 5.28. The van der Waals surface area contributed by atoms with E-state index in [1.807, 2.05) is 77.3 Å². The Morgan fingerprint density at radius 2 is 1.65 bits per heavy atom. The lowest BCUT2D eigenvalue weighted by Gasteiger charge is -2.31. The number of nitrogens with one attached hydrogen (secondary N) is 1. The van der Waals surface area contributed by atoms with Crippen LogP contribution in [0.5, 0.6) is 0 Å². The second-order valence-corrected chi connectivity index (χ2v) is 9.15. The van der Waals surface area contributed by atoms with Crippen LogP contribution in [0.15, 0.2) is 60.7 Å². The molecule has 162 valence electrons. The predicted octanol–water partition coefficient (Wildman–Crippen LogP) is 2.34. The molecule has 3 amide bonds. The maximum Gasteiger partial charge on any atom is 0.245 e. The lowest BCUT2D eigenvalue weighted by atomic mass is 10.0. The largest absolute Gasteiger partial charge is 0.344 e. The molecule has 1 N–H and O–H groups in total. The van der Waals surface area contributed by atoms with E-state index in [2.05, 4.69) is 5.32 Å². The Labute approximate surface area is 187 Å². The van der Waals surface area contributed by atoms with E-state index in [0.717, 1.165) is 22.8 Å². The molecule has 2 heterocycles. The molecule has 0 bridgehead atoms. The first kappa shape index (κ1) is 21.4. The molecule has 2 aromatic carbocycles. The summed E-state index contributed by atoms with van der Waals surface area (Å²) < 4.78 is 0. The minimum atomic E-state index is -0.626. The summed E-state index contributed by atoms with van der Waals surface area (Å²) in [6.07, 6.45) is 0.603. The number of nitrogens with zero attached hydrogens (tertiary/aromatic N) is 2. The van der Waals surface area contributed by atoms with Gasteiger partial charge >= 0.3 is 0 Å². The molecular formula is C24H27N3O3S. The van der Waals surface area contributed by atoms with Gasteiger partial charge in [0.1, 0.15) is 6.04 Å². The Morgan fingerprint density at radius 3 is 2.32 bits per heavy atom. The second-order valence-electron chi connectivity index (χ2n) is 7.93. The minimum Gasteiger partial charge on any atom is -0.344 e. The molecule has 0 saturated carbocycles. The molecule has 0 radical (unpaired) electrons. The van der Waals surface area contributed by atoms with Gasteiger partial charge < -0.3 is 15.1 Å². The number of benzene rings is 2. The predicted molar refractivity (Wildman–Crippen MR) is 123 cm³/mol. The number of para-hydroxylation sites is 1. The fraction of sp³-hybridized carbons (Fsp3) is 0.375. The molecule has 2 atom stereocenters. The van der Waals surface area contributed by atoms with Gasteiger partial charge in [-0.15, -0.1) is 0 Å². The highest BCUT2D eigenvalue weighted by atomic mass is 32.2. The van der Waals surface area contributed by atoms with E-state index in [-0.39, 0.29) is 24.1 Å². The van der Waals surface area contributed by atoms with E-state index in [4.69, 9.17) is 0 Å². The molecule has 2 saturated heterocycles. The third-order valence-electron chi connectivity index (χ3n) is 5.78. The monoisotopic (exact) mass is 437 g/mol. The first-order valence-electron chi connectivity index (χ1n) is 10.7. The zero-order valence-corrected chi connectivity index (χ0v) is 18.2. The van der Waals surface area contributed by atoms with Crippen molar-refractivity contribution in [2.75, 3.05) is 36.0 Å². The van der Waals surface area contributed by atoms with Crippen molar-refractivity contribution in [2.24, 2.45) is 5.92 Å². The second kappa shape index (κ2) is 10.0. The Morgan fingerprint density at radius 1 is 1.00 bits per heavy atom. The lowest BCUT2D eigenvalue weighted by molar-refractivity contribution is -0.137. The van der Waals surface area contributed by atoms with E-state index in [1.54, 1.807) is 4.90 Å². The lowest BCUT2D eigenvalue weighted by Crippen LogP contribution is -2.53. The number of anilines is 1. The standard InChI is InChI=1S/C24H27N3O3S/c28-22-16-19(17-27(22)20-9-5-2-6-10-20)23(29)25-21(15-18-7-3-1-4-8-18)24(30)26-11-13-31-14-12-26/h1-10,19,21H,11-17H2,(H,25,29). The van der Waals surface area contributed by atoms with E-state index >= 15 is 0 Å². The summed E-state index contributed by atoms with van der Waals surface area (Å²) in [4.78, 5) is 42.3. The Hall–Kier alpha value is -2.80. The summed E-state index contributed by atoms with van der Waals surface area (Å²) in [5.41, 5.74) is 1.80. The Bertz CT molecular complexity index is 916. The summed E-state index contributed by atoms with van der Waals surface area (Å²) in [5.74, 6) is 1.04. The molecule has 7 heteroatoms. The number of carbonyl (C=O) groups is 3. The Balaban J connectivity index is 1.46. The van der Waals surface area contributed by atoms with Crippen LogP contribution in [0.2, 0.25) is 0 Å². The topological polar surface area (TPSA) is 69.7 Å². The van der Waals surface area contributed by atoms with Crippen LogP contribution in [0.4, 0.5) is 5.69 Å². The minimum absolute atomic E-state index is 0.0401. The van der Waals surface area contributed by atoms with Crippen molar-refractivity contribution in [1.82, 2.24) is 10.2 Å². The number of hydrogen-bond acceptors (Lipinski definition) is 4. The molecule has 31 heavy (non-hydrogen) atoms. The van der Waals surface area contributed by atoms with Crippen molar-refractivity contribution in [2.45, 2.75) is 18.9 Å². The molecule has 4 rings (SSSR count). The van der Waals surface area contributed by atoms with E-state index in [1.165, 1.54) is 0 Å². The smallest absolute Gasteiger partial charge is 0.245 e. The van der Waals surface area contributed by atoms with Crippen LogP contribution in [-0.4, -0.2) is 59.8 Å². The van der Waals surface area contributed by atoms with Crippen LogP contribution >= 0.6 is 11.8 Å². The van der Waals surface area contributed by atoms with Gasteiger partial charge in [-0.1, -0.05) is 48.5 Å². The highest BCUT2D eigenvalue weighted by Gasteiger charge is 2.37. The number of amides is 3. The van der Waals surface area contributed by atoms with Gasteiger partial charge in [0, 0.05) is 49.7 Å². The molecule has 2 aliphatic rings. The first-order chi connectivity index (χ1) is 15.1. The van der Waals surface area contributed by atoms with E-state index < -0.39 is 12.0 Å². The van der Waals surface area contributed by atoms with Crippen LogP contribution in [0.3, 0.4) is 0 Å². The van der Waals surface area contributed by atoms with Gasteiger partial charge in [0.25, 0.3) is 0 Å². The molecule has 2 aromatic rings. The quantitative estimate of drug-likeness (QED) is 0.753. The number of thioether (sulfide) groups is 1.